The lowest BCUT2D eigenvalue weighted by atomic mass is 10.2. The first-order valence-electron chi connectivity index (χ1n) is 8.08. The van der Waals surface area contributed by atoms with Crippen LogP contribution in [0, 0.1) is 0 Å². The molecule has 0 unspecified atom stereocenters. The Morgan fingerprint density at radius 2 is 1.58 bits per heavy atom. The van der Waals surface area contributed by atoms with Gasteiger partial charge in [0.05, 0.1) is 17.2 Å². The van der Waals surface area contributed by atoms with E-state index in [9.17, 15) is 4.79 Å². The standard InChI is InChI=1S/C18H19N5O/c1-21-13-20-17-12-15(2-3-16(17)18(21)24)23-10-8-22(9-11-23)14-4-6-19-7-5-14/h2-7,12-13H,8-11H2,1H3. The minimum Gasteiger partial charge on any atom is -0.368 e. The van der Waals surface area contributed by atoms with Crippen molar-refractivity contribution in [3.63, 3.8) is 0 Å². The van der Waals surface area contributed by atoms with E-state index in [0.717, 1.165) is 37.4 Å². The number of fused-ring (bicyclic) bond motifs is 1. The molecule has 0 radical (unpaired) electrons. The summed E-state index contributed by atoms with van der Waals surface area (Å²) in [6.45, 7) is 3.81. The molecule has 122 valence electrons. The first-order chi connectivity index (χ1) is 11.7. The van der Waals surface area contributed by atoms with Crippen LogP contribution in [0.5, 0.6) is 0 Å². The van der Waals surface area contributed by atoms with Crippen LogP contribution in [0.4, 0.5) is 11.4 Å². The summed E-state index contributed by atoms with van der Waals surface area (Å²) in [5.41, 5.74) is 3.09. The van der Waals surface area contributed by atoms with E-state index in [1.54, 1.807) is 13.4 Å². The van der Waals surface area contributed by atoms with E-state index in [1.165, 1.54) is 10.3 Å². The number of hydrogen-bond acceptors (Lipinski definition) is 5. The number of aryl methyl sites for hydroxylation is 1. The molecule has 0 saturated carbocycles. The summed E-state index contributed by atoms with van der Waals surface area (Å²) in [5.74, 6) is 0. The SMILES string of the molecule is Cn1cnc2cc(N3CCN(c4ccncc4)CC3)ccc2c1=O. The lowest BCUT2D eigenvalue weighted by Gasteiger charge is -2.37. The number of pyridine rings is 1. The van der Waals surface area contributed by atoms with E-state index in [4.69, 9.17) is 0 Å². The molecule has 1 aliphatic heterocycles. The number of benzene rings is 1. The summed E-state index contributed by atoms with van der Waals surface area (Å²) in [5, 5.41) is 0.666. The van der Waals surface area contributed by atoms with Gasteiger partial charge in [-0.25, -0.2) is 4.98 Å². The monoisotopic (exact) mass is 321 g/mol. The fraction of sp³-hybridized carbons (Fsp3) is 0.278. The Labute approximate surface area is 140 Å². The second kappa shape index (κ2) is 5.96. The third kappa shape index (κ3) is 2.60. The van der Waals surface area contributed by atoms with Gasteiger partial charge in [0.25, 0.3) is 5.56 Å². The quantitative estimate of drug-likeness (QED) is 0.718. The molecular weight excluding hydrogens is 302 g/mol. The summed E-state index contributed by atoms with van der Waals surface area (Å²) in [4.78, 5) is 25.3. The molecule has 0 aliphatic carbocycles. The predicted octanol–water partition coefficient (Wildman–Crippen LogP) is 1.66. The minimum absolute atomic E-state index is 0.00550. The molecule has 1 saturated heterocycles. The third-order valence-corrected chi connectivity index (χ3v) is 4.57. The molecule has 1 aliphatic rings. The molecule has 3 aromatic rings. The van der Waals surface area contributed by atoms with Crippen LogP contribution in [0.3, 0.4) is 0 Å². The van der Waals surface area contributed by atoms with Gasteiger partial charge in [0.15, 0.2) is 0 Å². The normalized spacial score (nSPS) is 15.0. The van der Waals surface area contributed by atoms with E-state index < -0.39 is 0 Å². The summed E-state index contributed by atoms with van der Waals surface area (Å²) in [6, 6.07) is 10.0. The fourth-order valence-corrected chi connectivity index (χ4v) is 3.17. The van der Waals surface area contributed by atoms with Gasteiger partial charge in [0.2, 0.25) is 0 Å². The molecule has 0 spiro atoms. The highest BCUT2D eigenvalue weighted by atomic mass is 16.1. The number of rotatable bonds is 2. The summed E-state index contributed by atoms with van der Waals surface area (Å²) >= 11 is 0. The topological polar surface area (TPSA) is 54.3 Å². The first-order valence-corrected chi connectivity index (χ1v) is 8.08. The molecule has 6 heteroatoms. The van der Waals surface area contributed by atoms with Crippen LogP contribution >= 0.6 is 0 Å². The van der Waals surface area contributed by atoms with Gasteiger partial charge in [-0.2, -0.15) is 0 Å². The number of anilines is 2. The van der Waals surface area contributed by atoms with Crippen molar-refractivity contribution in [3.05, 3.63) is 59.4 Å². The van der Waals surface area contributed by atoms with Crippen LogP contribution in [0.2, 0.25) is 0 Å². The number of aromatic nitrogens is 3. The van der Waals surface area contributed by atoms with Gasteiger partial charge in [-0.1, -0.05) is 0 Å². The lowest BCUT2D eigenvalue weighted by Crippen LogP contribution is -2.46. The molecule has 24 heavy (non-hydrogen) atoms. The van der Waals surface area contributed by atoms with Crippen LogP contribution in [-0.4, -0.2) is 40.7 Å². The molecular formula is C18H19N5O. The molecule has 6 nitrogen and oxygen atoms in total. The maximum absolute atomic E-state index is 12.1. The Hall–Kier alpha value is -2.89. The molecule has 0 N–H and O–H groups in total. The van der Waals surface area contributed by atoms with Crippen molar-refractivity contribution < 1.29 is 0 Å². The summed E-state index contributed by atoms with van der Waals surface area (Å²) in [7, 11) is 1.72. The van der Waals surface area contributed by atoms with Crippen molar-refractivity contribution in [3.8, 4) is 0 Å². The highest BCUT2D eigenvalue weighted by molar-refractivity contribution is 5.81. The van der Waals surface area contributed by atoms with Crippen molar-refractivity contribution in [2.24, 2.45) is 7.05 Å². The van der Waals surface area contributed by atoms with E-state index >= 15 is 0 Å². The first kappa shape index (κ1) is 14.7. The highest BCUT2D eigenvalue weighted by Gasteiger charge is 2.18. The van der Waals surface area contributed by atoms with Crippen LogP contribution in [-0.2, 0) is 7.05 Å². The number of nitrogens with zero attached hydrogens (tertiary/aromatic N) is 5. The summed E-state index contributed by atoms with van der Waals surface area (Å²) < 4.78 is 1.51. The molecule has 0 bridgehead atoms. The Morgan fingerprint density at radius 1 is 0.917 bits per heavy atom. The van der Waals surface area contributed by atoms with Gasteiger partial charge in [0, 0.05) is 57.0 Å². The molecule has 3 heterocycles. The van der Waals surface area contributed by atoms with Crippen LogP contribution in [0.15, 0.2) is 53.8 Å². The average Bonchev–Trinajstić information content (AvgIpc) is 2.65. The molecule has 2 aromatic heterocycles. The highest BCUT2D eigenvalue weighted by Crippen LogP contribution is 2.22. The van der Waals surface area contributed by atoms with Gasteiger partial charge >= 0.3 is 0 Å². The number of hydrogen-bond donors (Lipinski definition) is 0. The van der Waals surface area contributed by atoms with Crippen LogP contribution in [0.1, 0.15) is 0 Å². The Morgan fingerprint density at radius 3 is 2.29 bits per heavy atom. The second-order valence-corrected chi connectivity index (χ2v) is 6.04. The Bertz CT molecular complexity index is 914. The van der Waals surface area contributed by atoms with Crippen LogP contribution < -0.4 is 15.4 Å². The maximum atomic E-state index is 12.1. The third-order valence-electron chi connectivity index (χ3n) is 4.57. The van der Waals surface area contributed by atoms with Gasteiger partial charge in [0.1, 0.15) is 0 Å². The van der Waals surface area contributed by atoms with E-state index in [0.29, 0.717) is 5.39 Å². The van der Waals surface area contributed by atoms with Gasteiger partial charge in [-0.15, -0.1) is 0 Å². The van der Waals surface area contributed by atoms with E-state index in [2.05, 4.69) is 19.8 Å². The van der Waals surface area contributed by atoms with E-state index in [-0.39, 0.29) is 5.56 Å². The van der Waals surface area contributed by atoms with Crippen molar-refractivity contribution >= 4 is 22.3 Å². The zero-order valence-corrected chi connectivity index (χ0v) is 13.6. The minimum atomic E-state index is -0.00550. The predicted molar refractivity (Wildman–Crippen MR) is 95.6 cm³/mol. The zero-order chi connectivity index (χ0) is 16.5. The molecule has 0 atom stereocenters. The van der Waals surface area contributed by atoms with Crippen molar-refractivity contribution in [2.45, 2.75) is 0 Å². The second-order valence-electron chi connectivity index (χ2n) is 6.04. The molecule has 0 amide bonds. The molecule has 1 aromatic carbocycles. The molecule has 1 fully saturated rings. The van der Waals surface area contributed by atoms with Crippen LogP contribution in [0.25, 0.3) is 10.9 Å². The Kier molecular flexibility index (Phi) is 3.65. The summed E-state index contributed by atoms with van der Waals surface area (Å²) in [6.07, 6.45) is 5.24. The van der Waals surface area contributed by atoms with Gasteiger partial charge in [-0.3, -0.25) is 9.78 Å². The number of piperazine rings is 1. The smallest absolute Gasteiger partial charge is 0.260 e. The lowest BCUT2D eigenvalue weighted by molar-refractivity contribution is 0.653. The van der Waals surface area contributed by atoms with E-state index in [1.807, 2.05) is 42.7 Å². The van der Waals surface area contributed by atoms with Crippen molar-refractivity contribution in [1.29, 1.82) is 0 Å². The van der Waals surface area contributed by atoms with Gasteiger partial charge < -0.3 is 14.4 Å². The average molecular weight is 321 g/mol. The van der Waals surface area contributed by atoms with Gasteiger partial charge in [-0.05, 0) is 30.3 Å². The van der Waals surface area contributed by atoms with Crippen molar-refractivity contribution in [1.82, 2.24) is 14.5 Å². The zero-order valence-electron chi connectivity index (χ0n) is 13.6. The van der Waals surface area contributed by atoms with Crippen molar-refractivity contribution in [2.75, 3.05) is 36.0 Å². The maximum Gasteiger partial charge on any atom is 0.260 e. The largest absolute Gasteiger partial charge is 0.368 e. The Balaban J connectivity index is 1.54. The molecule has 4 rings (SSSR count). The fourth-order valence-electron chi connectivity index (χ4n) is 3.17.